The first-order valence-corrected chi connectivity index (χ1v) is 5.53. The van der Waals surface area contributed by atoms with Gasteiger partial charge in [-0.25, -0.2) is 4.79 Å². The van der Waals surface area contributed by atoms with Crippen LogP contribution in [0.2, 0.25) is 0 Å². The number of carbonyl (C=O) groups excluding carboxylic acids is 2. The van der Waals surface area contributed by atoms with Crippen molar-refractivity contribution in [2.24, 2.45) is 0 Å². The molecule has 0 aliphatic heterocycles. The second-order valence-corrected chi connectivity index (χ2v) is 3.32. The van der Waals surface area contributed by atoms with E-state index in [-0.39, 0.29) is 46.1 Å². The first kappa shape index (κ1) is 16.6. The van der Waals surface area contributed by atoms with Crippen LogP contribution in [-0.4, -0.2) is 73.1 Å². The summed E-state index contributed by atoms with van der Waals surface area (Å²) in [6.45, 7) is 3.46. The van der Waals surface area contributed by atoms with Crippen molar-refractivity contribution in [2.75, 3.05) is 46.1 Å². The molecule has 104 valence electrons. The molecule has 0 fully saturated rings. The molecule has 0 rings (SSSR count). The van der Waals surface area contributed by atoms with E-state index >= 15 is 0 Å². The molecule has 0 spiro atoms. The molecule has 18 heavy (non-hydrogen) atoms. The van der Waals surface area contributed by atoms with Gasteiger partial charge in [-0.15, -0.1) is 0 Å². The van der Waals surface area contributed by atoms with Gasteiger partial charge in [-0.1, -0.05) is 6.58 Å². The highest BCUT2D eigenvalue weighted by molar-refractivity contribution is 5.81. The average molecular weight is 261 g/mol. The summed E-state index contributed by atoms with van der Waals surface area (Å²) in [6.07, 6.45) is 1.02. The van der Waals surface area contributed by atoms with Crippen molar-refractivity contribution >= 4 is 11.9 Å². The van der Waals surface area contributed by atoms with Gasteiger partial charge in [0.15, 0.2) is 0 Å². The van der Waals surface area contributed by atoms with Gasteiger partial charge in [-0.3, -0.25) is 9.69 Å². The van der Waals surface area contributed by atoms with Crippen molar-refractivity contribution in [1.82, 2.24) is 4.90 Å². The third kappa shape index (κ3) is 8.68. The molecule has 0 saturated heterocycles. The Kier molecular flexibility index (Phi) is 9.84. The standard InChI is InChI=1S/C11H19NO6/c1-2-10(15)17-7-8-18-11(16)9-12(3-5-13)4-6-14/h2,13-14H,1,3-9H2. The maximum Gasteiger partial charge on any atom is 0.330 e. The van der Waals surface area contributed by atoms with Crippen LogP contribution in [0.4, 0.5) is 0 Å². The summed E-state index contributed by atoms with van der Waals surface area (Å²) in [4.78, 5) is 23.5. The van der Waals surface area contributed by atoms with Gasteiger partial charge in [0, 0.05) is 19.2 Å². The molecule has 0 heterocycles. The van der Waals surface area contributed by atoms with E-state index in [4.69, 9.17) is 14.9 Å². The van der Waals surface area contributed by atoms with Crippen LogP contribution >= 0.6 is 0 Å². The van der Waals surface area contributed by atoms with Crippen LogP contribution in [0.3, 0.4) is 0 Å². The predicted molar refractivity (Wildman–Crippen MR) is 62.7 cm³/mol. The van der Waals surface area contributed by atoms with Crippen LogP contribution in [-0.2, 0) is 19.1 Å². The quantitative estimate of drug-likeness (QED) is 0.282. The van der Waals surface area contributed by atoms with Gasteiger partial charge in [0.2, 0.25) is 0 Å². The van der Waals surface area contributed by atoms with E-state index in [0.717, 1.165) is 6.08 Å². The van der Waals surface area contributed by atoms with Gasteiger partial charge >= 0.3 is 11.9 Å². The summed E-state index contributed by atoms with van der Waals surface area (Å²) in [5.74, 6) is -1.08. The zero-order valence-corrected chi connectivity index (χ0v) is 10.2. The van der Waals surface area contributed by atoms with Crippen LogP contribution in [0.15, 0.2) is 12.7 Å². The van der Waals surface area contributed by atoms with E-state index in [0.29, 0.717) is 0 Å². The van der Waals surface area contributed by atoms with Crippen molar-refractivity contribution in [3.05, 3.63) is 12.7 Å². The Hall–Kier alpha value is -1.44. The number of ether oxygens (including phenoxy) is 2. The molecule has 0 aromatic rings. The van der Waals surface area contributed by atoms with Crippen molar-refractivity contribution in [1.29, 1.82) is 0 Å². The van der Waals surface area contributed by atoms with Gasteiger partial charge in [-0.2, -0.15) is 0 Å². The number of carbonyl (C=O) groups is 2. The molecule has 0 saturated carbocycles. The molecule has 7 nitrogen and oxygen atoms in total. The van der Waals surface area contributed by atoms with Crippen molar-refractivity contribution in [3.8, 4) is 0 Å². The molecular formula is C11H19NO6. The summed E-state index contributed by atoms with van der Waals surface area (Å²) in [6, 6.07) is 0. The Morgan fingerprint density at radius 1 is 1.11 bits per heavy atom. The van der Waals surface area contributed by atoms with Gasteiger partial charge in [0.05, 0.1) is 19.8 Å². The summed E-state index contributed by atoms with van der Waals surface area (Å²) >= 11 is 0. The highest BCUT2D eigenvalue weighted by Gasteiger charge is 2.10. The van der Waals surface area contributed by atoms with Gasteiger partial charge in [0.25, 0.3) is 0 Å². The Balaban J connectivity index is 3.73. The smallest absolute Gasteiger partial charge is 0.330 e. The molecule has 0 aromatic heterocycles. The van der Waals surface area contributed by atoms with Gasteiger partial charge < -0.3 is 19.7 Å². The maximum atomic E-state index is 11.3. The summed E-state index contributed by atoms with van der Waals surface area (Å²) in [5.41, 5.74) is 0. The fraction of sp³-hybridized carbons (Fsp3) is 0.636. The number of hydrogen-bond acceptors (Lipinski definition) is 7. The molecule has 2 N–H and O–H groups in total. The first-order valence-electron chi connectivity index (χ1n) is 5.53. The van der Waals surface area contributed by atoms with E-state index in [9.17, 15) is 9.59 Å². The zero-order valence-electron chi connectivity index (χ0n) is 10.2. The highest BCUT2D eigenvalue weighted by atomic mass is 16.6. The van der Waals surface area contributed by atoms with E-state index in [1.165, 1.54) is 0 Å². The fourth-order valence-corrected chi connectivity index (χ4v) is 1.14. The van der Waals surface area contributed by atoms with Crippen molar-refractivity contribution in [2.45, 2.75) is 0 Å². The topological polar surface area (TPSA) is 96.3 Å². The second kappa shape index (κ2) is 10.7. The highest BCUT2D eigenvalue weighted by Crippen LogP contribution is 1.90. The van der Waals surface area contributed by atoms with Gasteiger partial charge in [0.1, 0.15) is 13.2 Å². The van der Waals surface area contributed by atoms with Crippen LogP contribution in [0, 0.1) is 0 Å². The number of hydrogen-bond donors (Lipinski definition) is 2. The largest absolute Gasteiger partial charge is 0.461 e. The molecule has 0 radical (unpaired) electrons. The Morgan fingerprint density at radius 3 is 2.17 bits per heavy atom. The lowest BCUT2D eigenvalue weighted by atomic mass is 10.4. The number of rotatable bonds is 10. The van der Waals surface area contributed by atoms with Crippen LogP contribution in [0.1, 0.15) is 0 Å². The normalized spacial score (nSPS) is 10.2. The average Bonchev–Trinajstić information content (AvgIpc) is 2.35. The molecular weight excluding hydrogens is 242 g/mol. The third-order valence-electron chi connectivity index (χ3n) is 1.94. The lowest BCUT2D eigenvalue weighted by Gasteiger charge is -2.18. The Morgan fingerprint density at radius 2 is 1.67 bits per heavy atom. The predicted octanol–water partition coefficient (Wildman–Crippen LogP) is -1.45. The number of esters is 2. The van der Waals surface area contributed by atoms with E-state index in [2.05, 4.69) is 11.3 Å². The molecule has 7 heteroatoms. The summed E-state index contributed by atoms with van der Waals surface area (Å²) < 4.78 is 9.42. The van der Waals surface area contributed by atoms with E-state index in [1.54, 1.807) is 4.90 Å². The van der Waals surface area contributed by atoms with Crippen LogP contribution in [0.5, 0.6) is 0 Å². The minimum absolute atomic E-state index is 0.0312. The SMILES string of the molecule is C=CC(=O)OCCOC(=O)CN(CCO)CCO. The molecule has 0 aromatic carbocycles. The minimum atomic E-state index is -0.576. The second-order valence-electron chi connectivity index (χ2n) is 3.32. The summed E-state index contributed by atoms with van der Waals surface area (Å²) in [5, 5.41) is 17.5. The Bertz CT molecular complexity index is 262. The zero-order chi connectivity index (χ0) is 13.8. The monoisotopic (exact) mass is 261 g/mol. The molecule has 0 atom stereocenters. The maximum absolute atomic E-state index is 11.3. The number of aliphatic hydroxyl groups is 2. The molecule has 0 aliphatic carbocycles. The molecule has 0 amide bonds. The molecule has 0 bridgehead atoms. The minimum Gasteiger partial charge on any atom is -0.461 e. The van der Waals surface area contributed by atoms with Crippen LogP contribution < -0.4 is 0 Å². The summed E-state index contributed by atoms with van der Waals surface area (Å²) in [7, 11) is 0. The first-order chi connectivity index (χ1) is 8.63. The van der Waals surface area contributed by atoms with Gasteiger partial charge in [-0.05, 0) is 0 Å². The fourth-order valence-electron chi connectivity index (χ4n) is 1.14. The van der Waals surface area contributed by atoms with Crippen molar-refractivity contribution in [3.63, 3.8) is 0 Å². The molecule has 0 unspecified atom stereocenters. The third-order valence-corrected chi connectivity index (χ3v) is 1.94. The number of aliphatic hydroxyl groups excluding tert-OH is 2. The Labute approximate surface area is 106 Å². The van der Waals surface area contributed by atoms with Crippen molar-refractivity contribution < 1.29 is 29.3 Å². The van der Waals surface area contributed by atoms with E-state index in [1.807, 2.05) is 0 Å². The lowest BCUT2D eigenvalue weighted by Crippen LogP contribution is -2.35. The number of nitrogens with zero attached hydrogens (tertiary/aromatic N) is 1. The van der Waals surface area contributed by atoms with E-state index < -0.39 is 11.9 Å². The lowest BCUT2D eigenvalue weighted by molar-refractivity contribution is -0.150. The molecule has 0 aliphatic rings. The van der Waals surface area contributed by atoms with Crippen LogP contribution in [0.25, 0.3) is 0 Å².